The molecule has 1 heterocycles. The molecule has 0 aromatic carbocycles. The zero-order valence-corrected chi connectivity index (χ0v) is 10.4. The number of halogens is 1. The molecule has 1 rings (SSSR count). The molecule has 2 N–H and O–H groups in total. The second-order valence-electron chi connectivity index (χ2n) is 3.39. The van der Waals surface area contributed by atoms with Gasteiger partial charge in [-0.15, -0.1) is 11.6 Å². The summed E-state index contributed by atoms with van der Waals surface area (Å²) in [5.41, 5.74) is 1.17. The van der Waals surface area contributed by atoms with Gasteiger partial charge in [0.25, 0.3) is 0 Å². The molecule has 1 aromatic heterocycles. The molecule has 0 aliphatic heterocycles. The average Bonchev–Trinajstić information content (AvgIpc) is 2.69. The highest BCUT2D eigenvalue weighted by molar-refractivity contribution is 7.07. The Balaban J connectivity index is 2.31. The van der Waals surface area contributed by atoms with Crippen molar-refractivity contribution in [2.24, 2.45) is 0 Å². The molecular weight excluding hydrogens is 248 g/mol. The average molecular weight is 261 g/mol. The fourth-order valence-corrected chi connectivity index (χ4v) is 1.98. The fourth-order valence-electron chi connectivity index (χ4n) is 1.23. The van der Waals surface area contributed by atoms with Gasteiger partial charge in [-0.2, -0.15) is 11.3 Å². The van der Waals surface area contributed by atoms with E-state index >= 15 is 0 Å². The minimum absolute atomic E-state index is 0.0299. The summed E-state index contributed by atoms with van der Waals surface area (Å²) in [4.78, 5) is 22.1. The van der Waals surface area contributed by atoms with Crippen molar-refractivity contribution in [3.05, 3.63) is 22.4 Å². The predicted molar refractivity (Wildman–Crippen MR) is 64.9 cm³/mol. The number of rotatable bonds is 4. The Morgan fingerprint density at radius 2 is 2.31 bits per heavy atom. The number of urea groups is 1. The molecule has 6 heteroatoms. The Labute approximate surface area is 103 Å². The SMILES string of the molecule is CC(Cc1ccsc1)NC(=O)NC(=O)CCl. The van der Waals surface area contributed by atoms with Gasteiger partial charge in [0.1, 0.15) is 5.88 Å². The van der Waals surface area contributed by atoms with Gasteiger partial charge >= 0.3 is 6.03 Å². The topological polar surface area (TPSA) is 58.2 Å². The van der Waals surface area contributed by atoms with E-state index in [0.717, 1.165) is 6.42 Å². The zero-order valence-electron chi connectivity index (χ0n) is 8.83. The van der Waals surface area contributed by atoms with E-state index in [2.05, 4.69) is 10.6 Å². The van der Waals surface area contributed by atoms with Crippen molar-refractivity contribution in [2.75, 3.05) is 5.88 Å². The van der Waals surface area contributed by atoms with Gasteiger partial charge in [0.05, 0.1) is 0 Å². The number of imide groups is 1. The monoisotopic (exact) mass is 260 g/mol. The number of carbonyl (C=O) groups excluding carboxylic acids is 2. The van der Waals surface area contributed by atoms with Crippen LogP contribution in [0.4, 0.5) is 4.79 Å². The molecule has 4 nitrogen and oxygen atoms in total. The number of hydrogen-bond acceptors (Lipinski definition) is 3. The van der Waals surface area contributed by atoms with Crippen LogP contribution in [0, 0.1) is 0 Å². The van der Waals surface area contributed by atoms with Gasteiger partial charge in [-0.05, 0) is 35.7 Å². The standard InChI is InChI=1S/C10H13ClN2O2S/c1-7(4-8-2-3-16-6-8)12-10(15)13-9(14)5-11/h2-3,6-7H,4-5H2,1H3,(H2,12,13,14,15). The summed E-state index contributed by atoms with van der Waals surface area (Å²) in [6.07, 6.45) is 0.742. The van der Waals surface area contributed by atoms with Crippen molar-refractivity contribution in [1.82, 2.24) is 10.6 Å². The molecule has 1 atom stereocenters. The van der Waals surface area contributed by atoms with E-state index < -0.39 is 11.9 Å². The third kappa shape index (κ3) is 4.63. The molecule has 0 saturated heterocycles. The highest BCUT2D eigenvalue weighted by Crippen LogP contribution is 2.08. The van der Waals surface area contributed by atoms with Gasteiger partial charge in [0.15, 0.2) is 0 Å². The van der Waals surface area contributed by atoms with Crippen LogP contribution in [0.2, 0.25) is 0 Å². The van der Waals surface area contributed by atoms with Crippen molar-refractivity contribution in [3.63, 3.8) is 0 Å². The quantitative estimate of drug-likeness (QED) is 0.811. The first-order chi connectivity index (χ1) is 7.61. The van der Waals surface area contributed by atoms with Crippen LogP contribution in [0.1, 0.15) is 12.5 Å². The molecule has 0 bridgehead atoms. The Bertz CT molecular complexity index is 354. The summed E-state index contributed by atoms with van der Waals surface area (Å²) >= 11 is 6.87. The minimum Gasteiger partial charge on any atom is -0.335 e. The van der Waals surface area contributed by atoms with Crippen LogP contribution in [0.3, 0.4) is 0 Å². The van der Waals surface area contributed by atoms with Crippen LogP contribution in [-0.2, 0) is 11.2 Å². The van der Waals surface area contributed by atoms with E-state index in [1.165, 1.54) is 5.56 Å². The highest BCUT2D eigenvalue weighted by Gasteiger charge is 2.10. The van der Waals surface area contributed by atoms with E-state index in [-0.39, 0.29) is 11.9 Å². The lowest BCUT2D eigenvalue weighted by Gasteiger charge is -2.12. The molecule has 88 valence electrons. The number of nitrogens with one attached hydrogen (secondary N) is 2. The molecule has 1 aromatic rings. The summed E-state index contributed by atoms with van der Waals surface area (Å²) in [6, 6.07) is 1.47. The third-order valence-corrected chi connectivity index (χ3v) is 2.85. The molecule has 0 aliphatic carbocycles. The zero-order chi connectivity index (χ0) is 12.0. The van der Waals surface area contributed by atoms with Crippen molar-refractivity contribution in [1.29, 1.82) is 0 Å². The van der Waals surface area contributed by atoms with E-state index in [4.69, 9.17) is 11.6 Å². The Morgan fingerprint density at radius 1 is 1.56 bits per heavy atom. The highest BCUT2D eigenvalue weighted by atomic mass is 35.5. The van der Waals surface area contributed by atoms with Gasteiger partial charge in [-0.3, -0.25) is 10.1 Å². The summed E-state index contributed by atoms with van der Waals surface area (Å²) in [5, 5.41) is 8.79. The number of thiophene rings is 1. The third-order valence-electron chi connectivity index (χ3n) is 1.87. The molecule has 0 radical (unpaired) electrons. The van der Waals surface area contributed by atoms with Crippen molar-refractivity contribution >= 4 is 34.9 Å². The van der Waals surface area contributed by atoms with Crippen LogP contribution in [0.5, 0.6) is 0 Å². The number of hydrogen-bond donors (Lipinski definition) is 2. The normalized spacial score (nSPS) is 11.9. The van der Waals surface area contributed by atoms with Gasteiger partial charge in [-0.1, -0.05) is 0 Å². The summed E-state index contributed by atoms with van der Waals surface area (Å²) in [5.74, 6) is -0.714. The summed E-state index contributed by atoms with van der Waals surface area (Å²) < 4.78 is 0. The Kier molecular flexibility index (Phi) is 5.28. The number of amides is 3. The van der Waals surface area contributed by atoms with E-state index in [1.54, 1.807) is 11.3 Å². The van der Waals surface area contributed by atoms with Crippen LogP contribution in [-0.4, -0.2) is 23.9 Å². The van der Waals surface area contributed by atoms with Crippen molar-refractivity contribution < 1.29 is 9.59 Å². The maximum Gasteiger partial charge on any atom is 0.321 e. The van der Waals surface area contributed by atoms with Crippen molar-refractivity contribution in [3.8, 4) is 0 Å². The van der Waals surface area contributed by atoms with Gasteiger partial charge < -0.3 is 5.32 Å². The fraction of sp³-hybridized carbons (Fsp3) is 0.400. The molecule has 0 spiro atoms. The first-order valence-electron chi connectivity index (χ1n) is 4.79. The number of carbonyl (C=O) groups is 2. The smallest absolute Gasteiger partial charge is 0.321 e. The lowest BCUT2D eigenvalue weighted by Crippen LogP contribution is -2.44. The number of alkyl halides is 1. The predicted octanol–water partition coefficient (Wildman–Crippen LogP) is 1.74. The summed E-state index contributed by atoms with van der Waals surface area (Å²) in [6.45, 7) is 1.88. The molecule has 0 aliphatic rings. The lowest BCUT2D eigenvalue weighted by atomic mass is 10.1. The van der Waals surface area contributed by atoms with Crippen LogP contribution in [0.25, 0.3) is 0 Å². The van der Waals surface area contributed by atoms with Crippen molar-refractivity contribution in [2.45, 2.75) is 19.4 Å². The maximum absolute atomic E-state index is 11.3. The molecule has 16 heavy (non-hydrogen) atoms. The lowest BCUT2D eigenvalue weighted by molar-refractivity contribution is -0.117. The first kappa shape index (κ1) is 13.0. The Morgan fingerprint density at radius 3 is 2.88 bits per heavy atom. The molecule has 1 unspecified atom stereocenters. The van der Waals surface area contributed by atoms with Crippen LogP contribution < -0.4 is 10.6 Å². The maximum atomic E-state index is 11.3. The van der Waals surface area contributed by atoms with E-state index in [1.807, 2.05) is 23.8 Å². The molecule has 0 saturated carbocycles. The second-order valence-corrected chi connectivity index (χ2v) is 4.44. The van der Waals surface area contributed by atoms with Crippen LogP contribution in [0.15, 0.2) is 16.8 Å². The second kappa shape index (κ2) is 6.50. The largest absolute Gasteiger partial charge is 0.335 e. The summed E-state index contributed by atoms with van der Waals surface area (Å²) in [7, 11) is 0. The van der Waals surface area contributed by atoms with Gasteiger partial charge in [-0.25, -0.2) is 4.79 Å². The Hall–Kier alpha value is -1.07. The molecule has 0 fully saturated rings. The van der Waals surface area contributed by atoms with Crippen LogP contribution >= 0.6 is 22.9 Å². The molecular formula is C10H13ClN2O2S. The molecule has 3 amide bonds. The first-order valence-corrected chi connectivity index (χ1v) is 6.27. The van der Waals surface area contributed by atoms with Gasteiger partial charge in [0, 0.05) is 6.04 Å². The van der Waals surface area contributed by atoms with Gasteiger partial charge in [0.2, 0.25) is 5.91 Å². The van der Waals surface area contributed by atoms with E-state index in [9.17, 15) is 9.59 Å². The minimum atomic E-state index is -0.506. The van der Waals surface area contributed by atoms with E-state index in [0.29, 0.717) is 0 Å².